The van der Waals surface area contributed by atoms with Gasteiger partial charge in [-0.2, -0.15) is 15.8 Å². The van der Waals surface area contributed by atoms with Crippen LogP contribution in [0.5, 0.6) is 0 Å². The van der Waals surface area contributed by atoms with Crippen LogP contribution in [0, 0.1) is 34.0 Å². The molecule has 12 aromatic rings. The summed E-state index contributed by atoms with van der Waals surface area (Å²) in [4.78, 5) is 9.53. The van der Waals surface area contributed by atoms with E-state index in [1.165, 1.54) is 0 Å². The Morgan fingerprint density at radius 1 is 0.383 bits per heavy atom. The molecule has 8 heteroatoms. The summed E-state index contributed by atoms with van der Waals surface area (Å²) in [6.07, 6.45) is 1.78. The van der Waals surface area contributed by atoms with Gasteiger partial charge in [0, 0.05) is 56.3 Å². The Bertz CT molecular complexity index is 4320. The van der Waals surface area contributed by atoms with Crippen molar-refractivity contribution in [2.75, 3.05) is 9.80 Å². The van der Waals surface area contributed by atoms with E-state index in [4.69, 9.17) is 4.99 Å². The van der Waals surface area contributed by atoms with Gasteiger partial charge in [-0.15, -0.1) is 0 Å². The van der Waals surface area contributed by atoms with E-state index in [1.54, 1.807) is 0 Å². The van der Waals surface area contributed by atoms with Crippen molar-refractivity contribution in [1.82, 2.24) is 9.88 Å². The number of anilines is 6. The van der Waals surface area contributed by atoms with Crippen LogP contribution in [-0.2, 0) is 0 Å². The molecule has 1 atom stereocenters. The summed E-state index contributed by atoms with van der Waals surface area (Å²) in [5, 5.41) is 35.7. The summed E-state index contributed by atoms with van der Waals surface area (Å²) >= 11 is 0. The Morgan fingerprint density at radius 2 is 0.827 bits per heavy atom. The summed E-state index contributed by atoms with van der Waals surface area (Å²) in [7, 11) is 0. The standard InChI is InChI=1S/C73H48N8/c74-47-50-21-32-61(33-22-50)79(59-17-9-3-10-18-59)64-38-41-71-67(44-64)68-45-65(80(60-19-11-4-12-20-60)62-34-23-51(48-75)24-35-62)39-42-72(68)81(71)63-36-29-53(30-37-63)52-25-27-54(28-26-52)66-40-31-57(43-58(66)49-76)70-46-69(55-13-5-1-6-14-55)77-73(78-70)56-15-7-2-8-16-56/h1-46,73,78H. The predicted octanol–water partition coefficient (Wildman–Crippen LogP) is 17.8. The molecule has 0 aliphatic carbocycles. The van der Waals surface area contributed by atoms with Gasteiger partial charge in [0.05, 0.1) is 51.6 Å². The highest BCUT2D eigenvalue weighted by atomic mass is 15.2. The molecular weight excluding hydrogens is 989 g/mol. The number of nitrogens with one attached hydrogen (secondary N) is 1. The van der Waals surface area contributed by atoms with E-state index in [9.17, 15) is 15.8 Å². The number of allylic oxidation sites excluding steroid dienone is 1. The van der Waals surface area contributed by atoms with Gasteiger partial charge >= 0.3 is 0 Å². The molecule has 380 valence electrons. The van der Waals surface area contributed by atoms with Gasteiger partial charge in [-0.1, -0.05) is 146 Å². The average molecular weight is 1040 g/mol. The normalized spacial score (nSPS) is 12.8. The topological polar surface area (TPSA) is 107 Å². The van der Waals surface area contributed by atoms with E-state index < -0.39 is 0 Å². The van der Waals surface area contributed by atoms with Crippen molar-refractivity contribution in [2.45, 2.75) is 6.17 Å². The number of para-hydroxylation sites is 2. The van der Waals surface area contributed by atoms with Crippen LogP contribution in [0.25, 0.3) is 55.4 Å². The van der Waals surface area contributed by atoms with Gasteiger partial charge in [-0.25, -0.2) is 0 Å². The minimum absolute atomic E-state index is 0.283. The predicted molar refractivity (Wildman–Crippen MR) is 328 cm³/mol. The Hall–Kier alpha value is -11.5. The molecule has 1 aliphatic heterocycles. The third kappa shape index (κ3) is 9.61. The number of aromatic nitrogens is 1. The van der Waals surface area contributed by atoms with Crippen LogP contribution in [0.15, 0.2) is 284 Å². The molecule has 1 N–H and O–H groups in total. The van der Waals surface area contributed by atoms with Crippen molar-refractivity contribution in [3.05, 3.63) is 312 Å². The largest absolute Gasteiger partial charge is 0.360 e. The third-order valence-corrected chi connectivity index (χ3v) is 14.9. The number of benzene rings is 11. The number of nitrogens with zero attached hydrogens (tertiary/aromatic N) is 7. The van der Waals surface area contributed by atoms with Crippen LogP contribution in [0.4, 0.5) is 34.1 Å². The molecule has 0 amide bonds. The van der Waals surface area contributed by atoms with Gasteiger partial charge in [0.15, 0.2) is 0 Å². The number of hydrogen-bond donors (Lipinski definition) is 1. The average Bonchev–Trinajstić information content (AvgIpc) is 4.02. The van der Waals surface area contributed by atoms with Crippen LogP contribution < -0.4 is 15.1 Å². The smallest absolute Gasteiger partial charge is 0.145 e. The summed E-state index contributed by atoms with van der Waals surface area (Å²) in [5.74, 6) is 0. The minimum atomic E-state index is -0.283. The number of nitriles is 3. The quantitative estimate of drug-likeness (QED) is 0.131. The molecule has 11 aromatic carbocycles. The van der Waals surface area contributed by atoms with Crippen LogP contribution in [0.2, 0.25) is 0 Å². The van der Waals surface area contributed by atoms with Crippen molar-refractivity contribution in [3.63, 3.8) is 0 Å². The zero-order chi connectivity index (χ0) is 54.7. The first-order valence-corrected chi connectivity index (χ1v) is 26.7. The first-order valence-electron chi connectivity index (χ1n) is 26.7. The fourth-order valence-corrected chi connectivity index (χ4v) is 10.9. The second-order valence-corrected chi connectivity index (χ2v) is 19.8. The Labute approximate surface area is 470 Å². The second-order valence-electron chi connectivity index (χ2n) is 19.8. The second kappa shape index (κ2) is 21.5. The summed E-state index contributed by atoms with van der Waals surface area (Å²) < 4.78 is 2.33. The summed E-state index contributed by atoms with van der Waals surface area (Å²) in [5.41, 5.74) is 19.4. The van der Waals surface area contributed by atoms with E-state index >= 15 is 0 Å². The molecule has 0 saturated carbocycles. The monoisotopic (exact) mass is 1040 g/mol. The van der Waals surface area contributed by atoms with Crippen LogP contribution in [-0.4, -0.2) is 10.3 Å². The number of rotatable bonds is 12. The third-order valence-electron chi connectivity index (χ3n) is 14.9. The lowest BCUT2D eigenvalue weighted by atomic mass is 9.94. The van der Waals surface area contributed by atoms with Gasteiger partial charge in [0.25, 0.3) is 0 Å². The first-order chi connectivity index (χ1) is 40.0. The van der Waals surface area contributed by atoms with Gasteiger partial charge in [-0.3, -0.25) is 4.99 Å². The van der Waals surface area contributed by atoms with Crippen molar-refractivity contribution in [2.24, 2.45) is 4.99 Å². The molecule has 1 aromatic heterocycles. The molecule has 8 nitrogen and oxygen atoms in total. The number of fused-ring (bicyclic) bond motifs is 3. The summed E-state index contributed by atoms with van der Waals surface area (Å²) in [6, 6.07) is 99.9. The van der Waals surface area contributed by atoms with Gasteiger partial charge in [-0.05, 0) is 172 Å². The fourth-order valence-electron chi connectivity index (χ4n) is 10.9. The van der Waals surface area contributed by atoms with Gasteiger partial charge in [0.2, 0.25) is 0 Å². The van der Waals surface area contributed by atoms with Crippen molar-refractivity contribution in [1.29, 1.82) is 15.8 Å². The maximum atomic E-state index is 10.6. The zero-order valence-electron chi connectivity index (χ0n) is 43.8. The molecule has 81 heavy (non-hydrogen) atoms. The maximum Gasteiger partial charge on any atom is 0.145 e. The molecule has 1 aliphatic rings. The van der Waals surface area contributed by atoms with Gasteiger partial charge < -0.3 is 19.7 Å². The van der Waals surface area contributed by atoms with E-state index in [0.29, 0.717) is 16.7 Å². The first kappa shape index (κ1) is 49.1. The van der Waals surface area contributed by atoms with E-state index in [2.05, 4.69) is 183 Å². The highest BCUT2D eigenvalue weighted by molar-refractivity contribution is 6.14. The van der Waals surface area contributed by atoms with Crippen LogP contribution in [0.1, 0.15) is 39.5 Å². The zero-order valence-corrected chi connectivity index (χ0v) is 43.8. The number of hydrogen-bond acceptors (Lipinski definition) is 7. The molecule has 0 spiro atoms. The van der Waals surface area contributed by atoms with Crippen LogP contribution >= 0.6 is 0 Å². The fraction of sp³-hybridized carbons (Fsp3) is 0.0137. The minimum Gasteiger partial charge on any atom is -0.360 e. The lowest BCUT2D eigenvalue weighted by Crippen LogP contribution is -2.24. The summed E-state index contributed by atoms with van der Waals surface area (Å²) in [6.45, 7) is 0. The SMILES string of the molecule is N#Cc1ccc(N(c2ccccc2)c2ccc3c(c2)c2cc(N(c4ccccc4)c4ccc(C#N)cc4)ccc2n3-c2ccc(-c3ccc(-c4ccc(C5=CC(c6ccccc6)=NC(c6ccccc6)N5)cc4C#N)cc3)cc2)cc1. The maximum absolute atomic E-state index is 10.6. The molecule has 0 bridgehead atoms. The lowest BCUT2D eigenvalue weighted by Gasteiger charge is -2.26. The molecular formula is C73H48N8. The highest BCUT2D eigenvalue weighted by Crippen LogP contribution is 2.43. The Morgan fingerprint density at radius 3 is 1.33 bits per heavy atom. The van der Waals surface area contributed by atoms with E-state index in [0.717, 1.165) is 112 Å². The molecule has 0 saturated heterocycles. The number of aliphatic imine (C=N–C) groups is 1. The highest BCUT2D eigenvalue weighted by Gasteiger charge is 2.23. The van der Waals surface area contributed by atoms with E-state index in [-0.39, 0.29) is 6.17 Å². The molecule has 13 rings (SSSR count). The molecule has 2 heterocycles. The van der Waals surface area contributed by atoms with Crippen molar-refractivity contribution < 1.29 is 0 Å². The molecule has 0 fully saturated rings. The van der Waals surface area contributed by atoms with Crippen LogP contribution in [0.3, 0.4) is 0 Å². The van der Waals surface area contributed by atoms with Crippen molar-refractivity contribution in [3.8, 4) is 46.1 Å². The molecule has 0 radical (unpaired) electrons. The molecule has 1 unspecified atom stereocenters. The Balaban J connectivity index is 0.859. The van der Waals surface area contributed by atoms with E-state index in [1.807, 2.05) is 133 Å². The lowest BCUT2D eigenvalue weighted by molar-refractivity contribution is 0.664. The van der Waals surface area contributed by atoms with Gasteiger partial charge in [0.1, 0.15) is 6.17 Å². The Kier molecular flexibility index (Phi) is 13.0. The van der Waals surface area contributed by atoms with Crippen molar-refractivity contribution >= 4 is 67.3 Å².